The fourth-order valence-electron chi connectivity index (χ4n) is 3.74. The Bertz CT molecular complexity index is 1230. The molecule has 2 aromatic carbocycles. The molecule has 3 aromatic rings. The van der Waals surface area contributed by atoms with Crippen molar-refractivity contribution in [3.05, 3.63) is 82.7 Å². The summed E-state index contributed by atoms with van der Waals surface area (Å²) in [6, 6.07) is 9.27. The standard InChI is InChI=1S/C21H13F2N3O/c1-11(27)26-10-13-18-12(4-2-7-17(18)26)20-16(8-9-24-20)25-21(13)19-14(22)5-3-6-15(19)23/h2-8,10H,9H2,1H3. The van der Waals surface area contributed by atoms with Crippen molar-refractivity contribution in [2.75, 3.05) is 6.54 Å². The summed E-state index contributed by atoms with van der Waals surface area (Å²) >= 11 is 0. The number of carbonyl (C=O) groups excluding carboxylic acids is 1. The number of aromatic nitrogens is 1. The highest BCUT2D eigenvalue weighted by Crippen LogP contribution is 2.35. The van der Waals surface area contributed by atoms with E-state index in [1.54, 1.807) is 6.20 Å². The average Bonchev–Trinajstić information content (AvgIpc) is 3.22. The van der Waals surface area contributed by atoms with Crippen molar-refractivity contribution in [3.63, 3.8) is 0 Å². The maximum Gasteiger partial charge on any atom is 0.227 e. The van der Waals surface area contributed by atoms with E-state index in [9.17, 15) is 13.6 Å². The molecule has 0 radical (unpaired) electrons. The maximum absolute atomic E-state index is 14.6. The lowest BCUT2D eigenvalue weighted by Gasteiger charge is -2.07. The lowest BCUT2D eigenvalue weighted by atomic mass is 9.97. The van der Waals surface area contributed by atoms with E-state index in [0.29, 0.717) is 29.0 Å². The molecule has 0 aliphatic carbocycles. The van der Waals surface area contributed by atoms with Gasteiger partial charge in [0.15, 0.2) is 0 Å². The zero-order chi connectivity index (χ0) is 18.7. The first-order valence-electron chi connectivity index (χ1n) is 8.50. The van der Waals surface area contributed by atoms with Gasteiger partial charge in [0.1, 0.15) is 11.6 Å². The SMILES string of the molecule is CC(=O)n1cc2c3c(cccc31)C1=NCC=C1N=C2c1c(F)cccc1F. The van der Waals surface area contributed by atoms with E-state index in [4.69, 9.17) is 0 Å². The van der Waals surface area contributed by atoms with E-state index in [1.807, 2.05) is 24.3 Å². The number of hydrogen-bond donors (Lipinski definition) is 0. The van der Waals surface area contributed by atoms with Crippen molar-refractivity contribution in [3.8, 4) is 0 Å². The Morgan fingerprint density at radius 2 is 1.78 bits per heavy atom. The number of allylic oxidation sites excluding steroid dienone is 1. The first kappa shape index (κ1) is 15.8. The van der Waals surface area contributed by atoms with Crippen LogP contribution in [0.1, 0.15) is 28.4 Å². The summed E-state index contributed by atoms with van der Waals surface area (Å²) in [5.41, 5.74) is 3.21. The monoisotopic (exact) mass is 361 g/mol. The molecule has 132 valence electrons. The molecule has 2 aliphatic heterocycles. The molecule has 4 nitrogen and oxygen atoms in total. The van der Waals surface area contributed by atoms with E-state index < -0.39 is 11.6 Å². The Hall–Kier alpha value is -3.41. The molecule has 3 heterocycles. The summed E-state index contributed by atoms with van der Waals surface area (Å²) in [6.07, 6.45) is 3.43. The van der Waals surface area contributed by atoms with Crippen molar-refractivity contribution < 1.29 is 13.6 Å². The minimum Gasteiger partial charge on any atom is -0.287 e. The van der Waals surface area contributed by atoms with E-state index in [2.05, 4.69) is 9.98 Å². The van der Waals surface area contributed by atoms with Gasteiger partial charge >= 0.3 is 0 Å². The van der Waals surface area contributed by atoms with Gasteiger partial charge in [-0.2, -0.15) is 0 Å². The van der Waals surface area contributed by atoms with Crippen molar-refractivity contribution in [1.82, 2.24) is 4.57 Å². The Labute approximate surface area is 153 Å². The van der Waals surface area contributed by atoms with Crippen LogP contribution in [0.25, 0.3) is 10.9 Å². The van der Waals surface area contributed by atoms with E-state index >= 15 is 0 Å². The number of benzene rings is 2. The Kier molecular flexibility index (Phi) is 3.25. The molecule has 0 saturated heterocycles. The van der Waals surface area contributed by atoms with Crippen LogP contribution in [0, 0.1) is 11.6 Å². The minimum atomic E-state index is -0.700. The van der Waals surface area contributed by atoms with Crippen LogP contribution in [0.4, 0.5) is 8.78 Å². The molecule has 2 aliphatic rings. The first-order chi connectivity index (χ1) is 13.1. The first-order valence-corrected chi connectivity index (χ1v) is 8.50. The zero-order valence-electron chi connectivity index (χ0n) is 14.3. The third-order valence-corrected chi connectivity index (χ3v) is 4.89. The van der Waals surface area contributed by atoms with Crippen LogP contribution in [0.3, 0.4) is 0 Å². The summed E-state index contributed by atoms with van der Waals surface area (Å²) in [6.45, 7) is 1.90. The summed E-state index contributed by atoms with van der Waals surface area (Å²) in [5.74, 6) is -1.59. The highest BCUT2D eigenvalue weighted by atomic mass is 19.1. The molecule has 27 heavy (non-hydrogen) atoms. The van der Waals surface area contributed by atoms with Gasteiger partial charge in [-0.1, -0.05) is 18.2 Å². The largest absolute Gasteiger partial charge is 0.287 e. The van der Waals surface area contributed by atoms with Crippen LogP contribution in [-0.4, -0.2) is 28.4 Å². The van der Waals surface area contributed by atoms with Crippen molar-refractivity contribution >= 4 is 28.2 Å². The number of nitrogens with zero attached hydrogens (tertiary/aromatic N) is 3. The van der Waals surface area contributed by atoms with Gasteiger partial charge in [0.25, 0.3) is 0 Å². The molecular formula is C21H13F2N3O. The molecule has 5 rings (SSSR count). The lowest BCUT2D eigenvalue weighted by molar-refractivity contribution is 0.0941. The highest BCUT2D eigenvalue weighted by molar-refractivity contribution is 6.31. The molecule has 0 bridgehead atoms. The fourth-order valence-corrected chi connectivity index (χ4v) is 3.74. The summed E-state index contributed by atoms with van der Waals surface area (Å²) in [4.78, 5) is 21.2. The summed E-state index contributed by atoms with van der Waals surface area (Å²) in [7, 11) is 0. The van der Waals surface area contributed by atoms with Crippen LogP contribution >= 0.6 is 0 Å². The second kappa shape index (κ2) is 5.54. The molecule has 0 fully saturated rings. The van der Waals surface area contributed by atoms with Gasteiger partial charge < -0.3 is 0 Å². The number of hydrogen-bond acceptors (Lipinski definition) is 3. The number of rotatable bonds is 1. The quantitative estimate of drug-likeness (QED) is 0.643. The van der Waals surface area contributed by atoms with Crippen LogP contribution < -0.4 is 0 Å². The Morgan fingerprint density at radius 3 is 2.52 bits per heavy atom. The second-order valence-corrected chi connectivity index (χ2v) is 6.47. The normalized spacial score (nSPS) is 15.1. The van der Waals surface area contributed by atoms with Crippen LogP contribution in [0.15, 0.2) is 64.4 Å². The number of carbonyl (C=O) groups is 1. The van der Waals surface area contributed by atoms with E-state index in [1.165, 1.54) is 29.7 Å². The zero-order valence-corrected chi connectivity index (χ0v) is 14.3. The number of halogens is 2. The van der Waals surface area contributed by atoms with Gasteiger partial charge in [0.05, 0.1) is 34.7 Å². The summed E-state index contributed by atoms with van der Waals surface area (Å²) < 4.78 is 30.7. The van der Waals surface area contributed by atoms with Crippen molar-refractivity contribution in [1.29, 1.82) is 0 Å². The van der Waals surface area contributed by atoms with Crippen LogP contribution in [0.2, 0.25) is 0 Å². The van der Waals surface area contributed by atoms with Gasteiger partial charge in [-0.05, 0) is 24.3 Å². The topological polar surface area (TPSA) is 46.7 Å². The molecule has 0 spiro atoms. The minimum absolute atomic E-state index is 0.168. The van der Waals surface area contributed by atoms with E-state index in [0.717, 1.165) is 10.9 Å². The Morgan fingerprint density at radius 1 is 1.04 bits per heavy atom. The molecular weight excluding hydrogens is 348 g/mol. The van der Waals surface area contributed by atoms with Crippen LogP contribution in [0.5, 0.6) is 0 Å². The predicted molar refractivity (Wildman–Crippen MR) is 99.7 cm³/mol. The van der Waals surface area contributed by atoms with E-state index in [-0.39, 0.29) is 17.2 Å². The summed E-state index contributed by atoms with van der Waals surface area (Å²) in [5, 5.41) is 0.721. The van der Waals surface area contributed by atoms with Crippen LogP contribution in [-0.2, 0) is 0 Å². The molecule has 0 amide bonds. The lowest BCUT2D eigenvalue weighted by Crippen LogP contribution is -2.10. The fraction of sp³-hybridized carbons (Fsp3) is 0.0952. The van der Waals surface area contributed by atoms with Gasteiger partial charge in [-0.3, -0.25) is 14.4 Å². The van der Waals surface area contributed by atoms with Gasteiger partial charge in [-0.15, -0.1) is 0 Å². The molecule has 0 saturated carbocycles. The predicted octanol–water partition coefficient (Wildman–Crippen LogP) is 4.12. The Balaban J connectivity index is 1.96. The van der Waals surface area contributed by atoms with Gasteiger partial charge in [0, 0.05) is 29.6 Å². The van der Waals surface area contributed by atoms with Gasteiger partial charge in [0.2, 0.25) is 5.91 Å². The third kappa shape index (κ3) is 2.16. The number of aliphatic imine (C=N–C) groups is 2. The molecule has 0 atom stereocenters. The van der Waals surface area contributed by atoms with Gasteiger partial charge in [-0.25, -0.2) is 13.8 Å². The number of fused-ring (bicyclic) bond motifs is 2. The van der Waals surface area contributed by atoms with Crippen molar-refractivity contribution in [2.45, 2.75) is 6.92 Å². The molecule has 6 heteroatoms. The molecule has 0 unspecified atom stereocenters. The molecule has 0 N–H and O–H groups in total. The van der Waals surface area contributed by atoms with Crippen molar-refractivity contribution in [2.24, 2.45) is 9.98 Å². The third-order valence-electron chi connectivity index (χ3n) is 4.89. The molecule has 1 aromatic heterocycles. The average molecular weight is 361 g/mol. The smallest absolute Gasteiger partial charge is 0.227 e. The highest BCUT2D eigenvalue weighted by Gasteiger charge is 2.29. The second-order valence-electron chi connectivity index (χ2n) is 6.47. The maximum atomic E-state index is 14.6.